The number of hydrogen-bond acceptors (Lipinski definition) is 4. The minimum absolute atomic E-state index is 0.0238. The fourth-order valence-corrected chi connectivity index (χ4v) is 4.72. The Hall–Kier alpha value is -2.90. The first-order valence-corrected chi connectivity index (χ1v) is 10.8. The molecule has 0 bridgehead atoms. The number of ether oxygens (including phenoxy) is 2. The fraction of sp³-hybridized carbons (Fsp3) is 0.333. The van der Waals surface area contributed by atoms with Crippen LogP contribution in [-0.4, -0.2) is 46.9 Å². The second-order valence-electron chi connectivity index (χ2n) is 7.67. The molecule has 0 spiro atoms. The summed E-state index contributed by atoms with van der Waals surface area (Å²) in [5.41, 5.74) is 5.66. The number of methoxy groups -OCH3 is 2. The van der Waals surface area contributed by atoms with Crippen LogP contribution in [0.15, 0.2) is 54.7 Å². The van der Waals surface area contributed by atoms with E-state index in [0.717, 1.165) is 22.2 Å². The number of pyridine rings is 1. The lowest BCUT2D eigenvalue weighted by Crippen LogP contribution is -2.32. The van der Waals surface area contributed by atoms with Gasteiger partial charge in [0.2, 0.25) is 0 Å². The summed E-state index contributed by atoms with van der Waals surface area (Å²) in [7, 11) is 3.40. The molecule has 3 aromatic rings. The standard InChI is InChI=1S/C24H28N4O2S/c1-16-15-20(17(2)28(16)18-8-10-19(30-4)11-9-18)23-22(21-7-5-6-12-25-21)26-24(31)27(23)13-14-29-3/h5-12,15,22-23H,13-14H2,1-4H3,(H,26,31)/t22-,23+/m1/s1. The van der Waals surface area contributed by atoms with Gasteiger partial charge in [0.25, 0.3) is 0 Å². The molecule has 1 aliphatic heterocycles. The van der Waals surface area contributed by atoms with Gasteiger partial charge in [0, 0.05) is 36.9 Å². The van der Waals surface area contributed by atoms with Crippen molar-refractivity contribution in [2.24, 2.45) is 0 Å². The average Bonchev–Trinajstić information content (AvgIpc) is 3.27. The second-order valence-corrected chi connectivity index (χ2v) is 8.06. The van der Waals surface area contributed by atoms with Crippen LogP contribution in [0, 0.1) is 13.8 Å². The zero-order valence-corrected chi connectivity index (χ0v) is 19.1. The van der Waals surface area contributed by atoms with E-state index in [2.05, 4.69) is 57.9 Å². The van der Waals surface area contributed by atoms with Crippen LogP contribution in [0.5, 0.6) is 5.75 Å². The zero-order valence-electron chi connectivity index (χ0n) is 18.3. The minimum atomic E-state index is -0.0321. The van der Waals surface area contributed by atoms with Crippen molar-refractivity contribution in [3.8, 4) is 11.4 Å². The van der Waals surface area contributed by atoms with Crippen LogP contribution in [0.1, 0.15) is 34.7 Å². The van der Waals surface area contributed by atoms with E-state index in [-0.39, 0.29) is 12.1 Å². The van der Waals surface area contributed by atoms with E-state index in [1.54, 1.807) is 14.2 Å². The Morgan fingerprint density at radius 2 is 1.87 bits per heavy atom. The molecule has 31 heavy (non-hydrogen) atoms. The van der Waals surface area contributed by atoms with Gasteiger partial charge in [-0.05, 0) is 74.1 Å². The molecular weight excluding hydrogens is 408 g/mol. The molecular formula is C24H28N4O2S. The fourth-order valence-electron chi connectivity index (χ4n) is 4.39. The lowest BCUT2D eigenvalue weighted by Gasteiger charge is -2.28. The largest absolute Gasteiger partial charge is 0.497 e. The topological polar surface area (TPSA) is 51.5 Å². The normalized spacial score (nSPS) is 18.3. The van der Waals surface area contributed by atoms with Crippen molar-refractivity contribution < 1.29 is 9.47 Å². The summed E-state index contributed by atoms with van der Waals surface area (Å²) in [6.07, 6.45) is 1.83. The lowest BCUT2D eigenvalue weighted by molar-refractivity contribution is 0.164. The Bertz CT molecular complexity index is 1050. The Labute approximate surface area is 188 Å². The van der Waals surface area contributed by atoms with Gasteiger partial charge < -0.3 is 24.3 Å². The molecule has 2 aromatic heterocycles. The number of aromatic nitrogens is 2. The molecule has 4 rings (SSSR count). The molecule has 162 valence electrons. The highest BCUT2D eigenvalue weighted by molar-refractivity contribution is 7.80. The van der Waals surface area contributed by atoms with Gasteiger partial charge in [-0.3, -0.25) is 4.98 Å². The van der Waals surface area contributed by atoms with E-state index >= 15 is 0 Å². The van der Waals surface area contributed by atoms with Crippen LogP contribution in [0.3, 0.4) is 0 Å². The third-order valence-electron chi connectivity index (χ3n) is 5.85. The van der Waals surface area contributed by atoms with Crippen LogP contribution in [0.2, 0.25) is 0 Å². The highest BCUT2D eigenvalue weighted by atomic mass is 32.1. The molecule has 0 unspecified atom stereocenters. The summed E-state index contributed by atoms with van der Waals surface area (Å²) in [6.45, 7) is 5.61. The predicted molar refractivity (Wildman–Crippen MR) is 126 cm³/mol. The smallest absolute Gasteiger partial charge is 0.170 e. The van der Waals surface area contributed by atoms with E-state index in [0.29, 0.717) is 13.2 Å². The molecule has 1 saturated heterocycles. The molecule has 0 amide bonds. The van der Waals surface area contributed by atoms with Crippen LogP contribution < -0.4 is 10.1 Å². The lowest BCUT2D eigenvalue weighted by atomic mass is 9.97. The average molecular weight is 437 g/mol. The molecule has 7 heteroatoms. The van der Waals surface area contributed by atoms with Gasteiger partial charge >= 0.3 is 0 Å². The van der Waals surface area contributed by atoms with Gasteiger partial charge in [-0.25, -0.2) is 0 Å². The molecule has 0 saturated carbocycles. The van der Waals surface area contributed by atoms with E-state index in [4.69, 9.17) is 21.7 Å². The first-order chi connectivity index (χ1) is 15.0. The number of benzene rings is 1. The van der Waals surface area contributed by atoms with Crippen molar-refractivity contribution in [3.63, 3.8) is 0 Å². The Balaban J connectivity index is 1.79. The summed E-state index contributed by atoms with van der Waals surface area (Å²) in [5.74, 6) is 0.845. The SMILES string of the molecule is COCCN1C(=S)N[C@H](c2ccccn2)[C@@H]1c1cc(C)n(-c2ccc(OC)cc2)c1C. The van der Waals surface area contributed by atoms with Crippen LogP contribution in [0.25, 0.3) is 5.69 Å². The van der Waals surface area contributed by atoms with Gasteiger partial charge in [-0.1, -0.05) is 6.07 Å². The third kappa shape index (κ3) is 4.03. The molecule has 1 aromatic carbocycles. The van der Waals surface area contributed by atoms with E-state index in [1.807, 2.05) is 30.5 Å². The third-order valence-corrected chi connectivity index (χ3v) is 6.21. The van der Waals surface area contributed by atoms with Crippen LogP contribution in [0.4, 0.5) is 0 Å². The maximum absolute atomic E-state index is 5.72. The molecule has 3 heterocycles. The Kier molecular flexibility index (Phi) is 6.25. The summed E-state index contributed by atoms with van der Waals surface area (Å²) in [5, 5.41) is 4.23. The Morgan fingerprint density at radius 1 is 1.10 bits per heavy atom. The number of nitrogens with zero attached hydrogens (tertiary/aromatic N) is 3. The van der Waals surface area contributed by atoms with Crippen LogP contribution >= 0.6 is 12.2 Å². The highest BCUT2D eigenvalue weighted by Crippen LogP contribution is 2.41. The summed E-state index contributed by atoms with van der Waals surface area (Å²) >= 11 is 5.72. The number of aryl methyl sites for hydroxylation is 1. The van der Waals surface area contributed by atoms with Gasteiger partial charge in [0.05, 0.1) is 31.5 Å². The molecule has 1 fully saturated rings. The first kappa shape index (κ1) is 21.3. The highest BCUT2D eigenvalue weighted by Gasteiger charge is 2.41. The second kappa shape index (κ2) is 9.08. The molecule has 0 radical (unpaired) electrons. The maximum atomic E-state index is 5.72. The van der Waals surface area contributed by atoms with Crippen molar-refractivity contribution >= 4 is 17.3 Å². The van der Waals surface area contributed by atoms with Gasteiger partial charge in [0.15, 0.2) is 5.11 Å². The van der Waals surface area contributed by atoms with Crippen molar-refractivity contribution in [2.45, 2.75) is 25.9 Å². The van der Waals surface area contributed by atoms with E-state index < -0.39 is 0 Å². The molecule has 1 aliphatic rings. The molecule has 0 aliphatic carbocycles. The first-order valence-electron chi connectivity index (χ1n) is 10.4. The summed E-state index contributed by atoms with van der Waals surface area (Å²) in [4.78, 5) is 6.84. The number of thiocarbonyl (C=S) groups is 1. The van der Waals surface area contributed by atoms with Gasteiger partial charge in [-0.2, -0.15) is 0 Å². The molecule has 1 N–H and O–H groups in total. The van der Waals surface area contributed by atoms with Crippen molar-refractivity contribution in [1.29, 1.82) is 0 Å². The van der Waals surface area contributed by atoms with Crippen molar-refractivity contribution in [2.75, 3.05) is 27.4 Å². The van der Waals surface area contributed by atoms with Crippen molar-refractivity contribution in [1.82, 2.24) is 19.8 Å². The summed E-state index contributed by atoms with van der Waals surface area (Å²) < 4.78 is 13.0. The maximum Gasteiger partial charge on any atom is 0.170 e. The van der Waals surface area contributed by atoms with E-state index in [1.165, 1.54) is 17.0 Å². The number of hydrogen-bond donors (Lipinski definition) is 1. The number of nitrogens with one attached hydrogen (secondary N) is 1. The van der Waals surface area contributed by atoms with Gasteiger partial charge in [-0.15, -0.1) is 0 Å². The number of rotatable bonds is 7. The monoisotopic (exact) mass is 436 g/mol. The van der Waals surface area contributed by atoms with Gasteiger partial charge in [0.1, 0.15) is 5.75 Å². The Morgan fingerprint density at radius 3 is 2.52 bits per heavy atom. The summed E-state index contributed by atoms with van der Waals surface area (Å²) in [6, 6.07) is 16.4. The molecule has 6 nitrogen and oxygen atoms in total. The molecule has 2 atom stereocenters. The van der Waals surface area contributed by atoms with Crippen LogP contribution in [-0.2, 0) is 4.74 Å². The zero-order chi connectivity index (χ0) is 22.0. The van der Waals surface area contributed by atoms with Crippen molar-refractivity contribution in [3.05, 3.63) is 77.4 Å². The predicted octanol–water partition coefficient (Wildman–Crippen LogP) is 4.12. The minimum Gasteiger partial charge on any atom is -0.497 e. The van der Waals surface area contributed by atoms with E-state index in [9.17, 15) is 0 Å². The quantitative estimate of drug-likeness (QED) is 0.563.